The molecule has 1 heteroatoms. The Bertz CT molecular complexity index is 214. The Hall–Kier alpha value is -0.0400. The predicted molar refractivity (Wildman–Crippen MR) is 77.2 cm³/mol. The molecule has 0 bridgehead atoms. The lowest BCUT2D eigenvalue weighted by Crippen LogP contribution is -2.23. The van der Waals surface area contributed by atoms with Crippen LogP contribution in [0.25, 0.3) is 0 Å². The summed E-state index contributed by atoms with van der Waals surface area (Å²) in [4.78, 5) is 0. The highest BCUT2D eigenvalue weighted by atomic mass is 14.9. The molecule has 0 spiro atoms. The van der Waals surface area contributed by atoms with Crippen molar-refractivity contribution in [3.8, 4) is 0 Å². The summed E-state index contributed by atoms with van der Waals surface area (Å²) in [5.41, 5.74) is 0.721. The molecule has 1 N–H and O–H groups in total. The summed E-state index contributed by atoms with van der Waals surface area (Å²) in [6, 6.07) is 0. The second kappa shape index (κ2) is 6.78. The highest BCUT2D eigenvalue weighted by molar-refractivity contribution is 5.03. The molecule has 0 amide bonds. The van der Waals surface area contributed by atoms with Crippen LogP contribution < -0.4 is 5.32 Å². The quantitative estimate of drug-likeness (QED) is 0.626. The van der Waals surface area contributed by atoms with Crippen molar-refractivity contribution in [2.45, 2.75) is 66.7 Å². The van der Waals surface area contributed by atoms with Gasteiger partial charge in [0, 0.05) is 0 Å². The molecule has 1 aliphatic carbocycles. The Balaban J connectivity index is 2.35. The molecule has 4 unspecified atom stereocenters. The summed E-state index contributed by atoms with van der Waals surface area (Å²) in [6.45, 7) is 14.1. The van der Waals surface area contributed by atoms with E-state index in [1.54, 1.807) is 0 Å². The molecule has 1 rings (SSSR count). The van der Waals surface area contributed by atoms with Gasteiger partial charge in [-0.05, 0) is 49.1 Å². The van der Waals surface area contributed by atoms with Crippen LogP contribution in [0.5, 0.6) is 0 Å². The molecule has 0 aromatic heterocycles. The maximum atomic E-state index is 3.51. The average molecular weight is 239 g/mol. The van der Waals surface area contributed by atoms with Gasteiger partial charge < -0.3 is 5.32 Å². The Kier molecular flexibility index (Phi) is 5.99. The van der Waals surface area contributed by atoms with Gasteiger partial charge in [-0.25, -0.2) is 0 Å². The van der Waals surface area contributed by atoms with E-state index in [0.717, 1.165) is 29.7 Å². The van der Waals surface area contributed by atoms with Gasteiger partial charge >= 0.3 is 0 Å². The van der Waals surface area contributed by atoms with Crippen LogP contribution in [0.2, 0.25) is 0 Å². The Morgan fingerprint density at radius 1 is 1.24 bits per heavy atom. The van der Waals surface area contributed by atoms with Crippen molar-refractivity contribution in [2.24, 2.45) is 23.2 Å². The van der Waals surface area contributed by atoms with Gasteiger partial charge in [0.05, 0.1) is 0 Å². The number of rotatable bonds is 9. The molecule has 102 valence electrons. The van der Waals surface area contributed by atoms with Crippen LogP contribution in [0, 0.1) is 23.2 Å². The lowest BCUT2D eigenvalue weighted by atomic mass is 9.86. The average Bonchev–Trinajstić information content (AvgIpc) is 3.08. The zero-order valence-electron chi connectivity index (χ0n) is 12.7. The van der Waals surface area contributed by atoms with E-state index in [4.69, 9.17) is 0 Å². The van der Waals surface area contributed by atoms with Crippen LogP contribution in [-0.4, -0.2) is 13.1 Å². The second-order valence-corrected chi connectivity index (χ2v) is 6.36. The molecule has 0 saturated heterocycles. The zero-order valence-corrected chi connectivity index (χ0v) is 12.7. The van der Waals surface area contributed by atoms with E-state index in [0.29, 0.717) is 0 Å². The van der Waals surface area contributed by atoms with Gasteiger partial charge in [0.25, 0.3) is 0 Å². The molecule has 17 heavy (non-hydrogen) atoms. The molecule has 1 saturated carbocycles. The fraction of sp³-hybridized carbons (Fsp3) is 1.00. The van der Waals surface area contributed by atoms with Gasteiger partial charge in [0.1, 0.15) is 0 Å². The molecule has 1 fully saturated rings. The van der Waals surface area contributed by atoms with Crippen molar-refractivity contribution < 1.29 is 0 Å². The van der Waals surface area contributed by atoms with Crippen LogP contribution in [0.15, 0.2) is 0 Å². The summed E-state index contributed by atoms with van der Waals surface area (Å²) in [5.74, 6) is 2.78. The summed E-state index contributed by atoms with van der Waals surface area (Å²) < 4.78 is 0. The normalized spacial score (nSPS) is 31.2. The van der Waals surface area contributed by atoms with E-state index < -0.39 is 0 Å². The largest absolute Gasteiger partial charge is 0.317 e. The highest BCUT2D eigenvalue weighted by Gasteiger charge is 2.53. The summed E-state index contributed by atoms with van der Waals surface area (Å²) in [5, 5.41) is 3.51. The molecule has 0 aliphatic heterocycles. The monoisotopic (exact) mass is 239 g/mol. The molecular weight excluding hydrogens is 206 g/mol. The fourth-order valence-electron chi connectivity index (χ4n) is 3.31. The SMILES string of the molecule is CCNCC(C)C1CC1(CC)CCC(C)CC. The first-order chi connectivity index (χ1) is 8.09. The third-order valence-corrected chi connectivity index (χ3v) is 5.19. The minimum absolute atomic E-state index is 0.721. The van der Waals surface area contributed by atoms with Crippen molar-refractivity contribution in [2.75, 3.05) is 13.1 Å². The maximum Gasteiger partial charge on any atom is -0.00204 e. The third-order valence-electron chi connectivity index (χ3n) is 5.19. The van der Waals surface area contributed by atoms with Gasteiger partial charge in [-0.1, -0.05) is 53.9 Å². The molecule has 4 atom stereocenters. The highest BCUT2D eigenvalue weighted by Crippen LogP contribution is 2.61. The third kappa shape index (κ3) is 3.98. The Labute approximate surface area is 109 Å². The summed E-state index contributed by atoms with van der Waals surface area (Å²) in [7, 11) is 0. The standard InChI is InChI=1S/C16H33N/c1-6-13(4)9-10-16(7-2)11-15(16)14(5)12-17-8-3/h13-15,17H,6-12H2,1-5H3. The first-order valence-electron chi connectivity index (χ1n) is 7.80. The van der Waals surface area contributed by atoms with Gasteiger partial charge in [-0.15, -0.1) is 0 Å². The van der Waals surface area contributed by atoms with E-state index in [9.17, 15) is 0 Å². The van der Waals surface area contributed by atoms with Crippen molar-refractivity contribution >= 4 is 0 Å². The first-order valence-corrected chi connectivity index (χ1v) is 7.80. The van der Waals surface area contributed by atoms with Crippen LogP contribution in [0.1, 0.15) is 66.7 Å². The molecule has 0 radical (unpaired) electrons. The number of nitrogens with one attached hydrogen (secondary N) is 1. The van der Waals surface area contributed by atoms with E-state index in [-0.39, 0.29) is 0 Å². The van der Waals surface area contributed by atoms with Crippen LogP contribution in [-0.2, 0) is 0 Å². The Morgan fingerprint density at radius 3 is 2.47 bits per heavy atom. The van der Waals surface area contributed by atoms with Crippen molar-refractivity contribution in [3.63, 3.8) is 0 Å². The lowest BCUT2D eigenvalue weighted by molar-refractivity contribution is 0.307. The van der Waals surface area contributed by atoms with Crippen molar-refractivity contribution in [1.82, 2.24) is 5.32 Å². The minimum Gasteiger partial charge on any atom is -0.317 e. The topological polar surface area (TPSA) is 12.0 Å². The van der Waals surface area contributed by atoms with E-state index in [2.05, 4.69) is 39.9 Å². The van der Waals surface area contributed by atoms with Gasteiger partial charge in [-0.3, -0.25) is 0 Å². The lowest BCUT2D eigenvalue weighted by Gasteiger charge is -2.21. The maximum absolute atomic E-state index is 3.51. The second-order valence-electron chi connectivity index (χ2n) is 6.36. The van der Waals surface area contributed by atoms with E-state index >= 15 is 0 Å². The number of hydrogen-bond acceptors (Lipinski definition) is 1. The first kappa shape index (κ1) is 15.0. The van der Waals surface area contributed by atoms with Gasteiger partial charge in [0.15, 0.2) is 0 Å². The van der Waals surface area contributed by atoms with Gasteiger partial charge in [-0.2, -0.15) is 0 Å². The summed E-state index contributed by atoms with van der Waals surface area (Å²) >= 11 is 0. The molecule has 1 aliphatic rings. The molecule has 0 heterocycles. The smallest absolute Gasteiger partial charge is 0.00204 e. The molecular formula is C16H33N. The molecule has 1 nitrogen and oxygen atoms in total. The Morgan fingerprint density at radius 2 is 1.94 bits per heavy atom. The molecule has 0 aromatic rings. The van der Waals surface area contributed by atoms with E-state index in [1.165, 1.54) is 38.6 Å². The van der Waals surface area contributed by atoms with E-state index in [1.807, 2.05) is 0 Å². The fourth-order valence-corrected chi connectivity index (χ4v) is 3.31. The number of hydrogen-bond donors (Lipinski definition) is 1. The summed E-state index contributed by atoms with van der Waals surface area (Å²) in [6.07, 6.45) is 7.14. The van der Waals surface area contributed by atoms with Crippen LogP contribution in [0.4, 0.5) is 0 Å². The van der Waals surface area contributed by atoms with Crippen LogP contribution in [0.3, 0.4) is 0 Å². The van der Waals surface area contributed by atoms with Crippen molar-refractivity contribution in [3.05, 3.63) is 0 Å². The molecule has 0 aromatic carbocycles. The zero-order chi connectivity index (χ0) is 12.9. The van der Waals surface area contributed by atoms with Crippen molar-refractivity contribution in [1.29, 1.82) is 0 Å². The predicted octanol–water partition coefficient (Wildman–Crippen LogP) is 4.47. The van der Waals surface area contributed by atoms with Gasteiger partial charge in [0.2, 0.25) is 0 Å². The van der Waals surface area contributed by atoms with Crippen LogP contribution >= 0.6 is 0 Å². The minimum atomic E-state index is 0.721.